The molecule has 1 amide bonds. The topological polar surface area (TPSA) is 94.6 Å². The van der Waals surface area contributed by atoms with Gasteiger partial charge in [0.25, 0.3) is 5.91 Å². The van der Waals surface area contributed by atoms with Gasteiger partial charge in [-0.3, -0.25) is 10.2 Å². The summed E-state index contributed by atoms with van der Waals surface area (Å²) in [5.41, 5.74) is 4.02. The second kappa shape index (κ2) is 9.32. The Morgan fingerprint density at radius 3 is 2.43 bits per heavy atom. The number of amides is 1. The van der Waals surface area contributed by atoms with Gasteiger partial charge < -0.3 is 10.7 Å². The molecule has 0 fully saturated rings. The van der Waals surface area contributed by atoms with Crippen molar-refractivity contribution in [3.05, 3.63) is 64.3 Å². The number of hydrogen-bond acceptors (Lipinski definition) is 5. The maximum absolute atomic E-state index is 12.7. The molecule has 7 heteroatoms. The van der Waals surface area contributed by atoms with Crippen molar-refractivity contribution in [2.75, 3.05) is 5.32 Å². The molecule has 0 radical (unpaired) electrons. The predicted octanol–water partition coefficient (Wildman–Crippen LogP) is 5.19. The molecule has 3 N–H and O–H groups in total. The number of para-hydroxylation sites is 1. The first kappa shape index (κ1) is 21.4. The predicted molar refractivity (Wildman–Crippen MR) is 118 cm³/mol. The summed E-state index contributed by atoms with van der Waals surface area (Å²) in [5.74, 6) is -0.268. The minimum atomic E-state index is -0.268. The van der Waals surface area contributed by atoms with E-state index in [0.717, 1.165) is 28.6 Å². The molecule has 1 aromatic carbocycles. The number of aromatic nitrogens is 2. The SMILES string of the molecule is CC.CC(=N)/C(C)=C1\C(=N)SC(C(=O)Nc2cnn(-c3ccccc3)c2)=C1C. The lowest BCUT2D eigenvalue weighted by molar-refractivity contribution is -0.112. The van der Waals surface area contributed by atoms with Crippen LogP contribution in [-0.4, -0.2) is 26.4 Å². The second-order valence-electron chi connectivity index (χ2n) is 5.97. The van der Waals surface area contributed by atoms with Crippen molar-refractivity contribution in [1.82, 2.24) is 9.78 Å². The second-order valence-corrected chi connectivity index (χ2v) is 6.99. The first-order valence-electron chi connectivity index (χ1n) is 9.04. The summed E-state index contributed by atoms with van der Waals surface area (Å²) in [6.45, 7) is 9.31. The Morgan fingerprint density at radius 1 is 1.18 bits per heavy atom. The van der Waals surface area contributed by atoms with Crippen LogP contribution >= 0.6 is 11.8 Å². The van der Waals surface area contributed by atoms with E-state index in [0.29, 0.717) is 26.9 Å². The van der Waals surface area contributed by atoms with Crippen LogP contribution in [0.2, 0.25) is 0 Å². The summed E-state index contributed by atoms with van der Waals surface area (Å²) >= 11 is 1.13. The van der Waals surface area contributed by atoms with Crippen molar-refractivity contribution in [2.45, 2.75) is 34.6 Å². The Morgan fingerprint density at radius 2 is 1.82 bits per heavy atom. The Labute approximate surface area is 169 Å². The number of carbonyl (C=O) groups excluding carboxylic acids is 1. The number of hydrogen-bond donors (Lipinski definition) is 3. The minimum absolute atomic E-state index is 0.268. The third-order valence-corrected chi connectivity index (χ3v) is 5.26. The maximum Gasteiger partial charge on any atom is 0.262 e. The summed E-state index contributed by atoms with van der Waals surface area (Å²) in [5, 5.41) is 23.3. The lowest BCUT2D eigenvalue weighted by atomic mass is 10.00. The first-order valence-corrected chi connectivity index (χ1v) is 9.86. The van der Waals surface area contributed by atoms with Crippen LogP contribution < -0.4 is 5.32 Å². The molecule has 28 heavy (non-hydrogen) atoms. The largest absolute Gasteiger partial charge is 0.319 e. The fourth-order valence-corrected chi connectivity index (χ4v) is 3.68. The highest BCUT2D eigenvalue weighted by molar-refractivity contribution is 8.18. The Kier molecular flexibility index (Phi) is 7.12. The number of nitrogens with one attached hydrogen (secondary N) is 3. The van der Waals surface area contributed by atoms with Crippen LogP contribution in [0, 0.1) is 10.8 Å². The number of carbonyl (C=O) groups is 1. The van der Waals surface area contributed by atoms with E-state index in [4.69, 9.17) is 10.8 Å². The molecule has 1 aliphatic rings. The molecule has 2 aromatic rings. The number of allylic oxidation sites excluding steroid dienone is 2. The van der Waals surface area contributed by atoms with Crippen molar-refractivity contribution < 1.29 is 4.79 Å². The van der Waals surface area contributed by atoms with Gasteiger partial charge in [-0.25, -0.2) is 4.68 Å². The van der Waals surface area contributed by atoms with Gasteiger partial charge in [-0.15, -0.1) is 0 Å². The highest BCUT2D eigenvalue weighted by Gasteiger charge is 2.29. The molecular weight excluding hydrogens is 370 g/mol. The molecule has 3 rings (SSSR count). The fraction of sp³-hybridized carbons (Fsp3) is 0.238. The smallest absolute Gasteiger partial charge is 0.262 e. The van der Waals surface area contributed by atoms with E-state index in [1.165, 1.54) is 0 Å². The average molecular weight is 396 g/mol. The number of anilines is 1. The zero-order valence-electron chi connectivity index (χ0n) is 16.8. The summed E-state index contributed by atoms with van der Waals surface area (Å²) in [6, 6.07) is 9.63. The van der Waals surface area contributed by atoms with Crippen LogP contribution in [0.1, 0.15) is 34.6 Å². The van der Waals surface area contributed by atoms with Crippen LogP contribution in [0.4, 0.5) is 5.69 Å². The van der Waals surface area contributed by atoms with Gasteiger partial charge in [0.05, 0.1) is 33.7 Å². The molecule has 1 aromatic heterocycles. The van der Waals surface area contributed by atoms with E-state index in [9.17, 15) is 4.79 Å². The lowest BCUT2D eigenvalue weighted by Gasteiger charge is -2.06. The Hall–Kier alpha value is -2.93. The number of thioether (sulfide) groups is 1. The van der Waals surface area contributed by atoms with Gasteiger partial charge in [0, 0.05) is 11.3 Å². The molecule has 0 bridgehead atoms. The van der Waals surface area contributed by atoms with Crippen LogP contribution in [0.15, 0.2) is 64.3 Å². The normalized spacial score (nSPS) is 15.1. The third-order valence-electron chi connectivity index (χ3n) is 4.15. The van der Waals surface area contributed by atoms with Gasteiger partial charge >= 0.3 is 0 Å². The summed E-state index contributed by atoms with van der Waals surface area (Å²) < 4.78 is 1.69. The van der Waals surface area contributed by atoms with Gasteiger partial charge in [-0.1, -0.05) is 43.8 Å². The van der Waals surface area contributed by atoms with Gasteiger partial charge in [0.15, 0.2) is 0 Å². The molecule has 0 aliphatic carbocycles. The van der Waals surface area contributed by atoms with Crippen LogP contribution in [0.3, 0.4) is 0 Å². The molecule has 6 nitrogen and oxygen atoms in total. The number of benzene rings is 1. The lowest BCUT2D eigenvalue weighted by Crippen LogP contribution is -2.12. The van der Waals surface area contributed by atoms with Gasteiger partial charge in [-0.2, -0.15) is 5.10 Å². The van der Waals surface area contributed by atoms with E-state index in [2.05, 4.69) is 10.4 Å². The van der Waals surface area contributed by atoms with Crippen molar-refractivity contribution >= 4 is 34.1 Å². The highest BCUT2D eigenvalue weighted by atomic mass is 32.2. The van der Waals surface area contributed by atoms with E-state index in [1.807, 2.05) is 51.1 Å². The summed E-state index contributed by atoms with van der Waals surface area (Å²) in [7, 11) is 0. The molecule has 0 saturated carbocycles. The highest BCUT2D eigenvalue weighted by Crippen LogP contribution is 2.39. The molecule has 0 spiro atoms. The zero-order chi connectivity index (χ0) is 20.8. The Bertz CT molecular complexity index is 970. The molecule has 0 saturated heterocycles. The monoisotopic (exact) mass is 395 g/mol. The molecule has 146 valence electrons. The fourth-order valence-electron chi connectivity index (χ4n) is 2.67. The van der Waals surface area contributed by atoms with E-state index in [-0.39, 0.29) is 5.91 Å². The molecule has 1 aliphatic heterocycles. The van der Waals surface area contributed by atoms with Crippen molar-refractivity contribution in [3.8, 4) is 5.69 Å². The van der Waals surface area contributed by atoms with Gasteiger partial charge in [0.2, 0.25) is 0 Å². The van der Waals surface area contributed by atoms with E-state index in [1.54, 1.807) is 30.9 Å². The summed E-state index contributed by atoms with van der Waals surface area (Å²) in [4.78, 5) is 13.1. The third kappa shape index (κ3) is 4.48. The quantitative estimate of drug-likeness (QED) is 0.622. The van der Waals surface area contributed by atoms with Gasteiger partial charge in [0.1, 0.15) is 0 Å². The standard InChI is InChI=1S/C19H19N5OS.C2H6/c1-11(13(3)20)16-12(2)17(26-18(16)21)19(25)23-14-9-22-24(10-14)15-7-5-4-6-8-15;1-2/h4-10,20-21H,1-3H3,(H,23,25);1-2H3/b16-11-,20-13?,21-18?;. The van der Waals surface area contributed by atoms with Crippen LogP contribution in [0.5, 0.6) is 0 Å². The van der Waals surface area contributed by atoms with Crippen molar-refractivity contribution in [1.29, 1.82) is 10.8 Å². The van der Waals surface area contributed by atoms with Gasteiger partial charge in [-0.05, 0) is 44.1 Å². The number of rotatable bonds is 4. The van der Waals surface area contributed by atoms with Crippen LogP contribution in [0.25, 0.3) is 5.69 Å². The average Bonchev–Trinajstić information content (AvgIpc) is 3.27. The van der Waals surface area contributed by atoms with Crippen molar-refractivity contribution in [2.24, 2.45) is 0 Å². The summed E-state index contributed by atoms with van der Waals surface area (Å²) in [6.07, 6.45) is 3.34. The van der Waals surface area contributed by atoms with E-state index < -0.39 is 0 Å². The zero-order valence-corrected chi connectivity index (χ0v) is 17.6. The minimum Gasteiger partial charge on any atom is -0.319 e. The molecule has 2 heterocycles. The molecule has 0 atom stereocenters. The number of nitrogens with zero attached hydrogens (tertiary/aromatic N) is 2. The van der Waals surface area contributed by atoms with Crippen molar-refractivity contribution in [3.63, 3.8) is 0 Å². The molecule has 0 unspecified atom stereocenters. The Balaban J connectivity index is 0.00000136. The first-order chi connectivity index (χ1) is 13.4. The van der Waals surface area contributed by atoms with Crippen LogP contribution in [-0.2, 0) is 4.79 Å². The van der Waals surface area contributed by atoms with E-state index >= 15 is 0 Å². The maximum atomic E-state index is 12.7. The molecular formula is C21H25N5OS.